The first-order valence-corrected chi connectivity index (χ1v) is 12.3. The van der Waals surface area contributed by atoms with Crippen LogP contribution in [0.3, 0.4) is 0 Å². The van der Waals surface area contributed by atoms with Gasteiger partial charge in [-0.15, -0.1) is 0 Å². The quantitative estimate of drug-likeness (QED) is 0.540. The Morgan fingerprint density at radius 3 is 2.30 bits per heavy atom. The molecule has 2 aromatic carbocycles. The Kier molecular flexibility index (Phi) is 6.01. The van der Waals surface area contributed by atoms with E-state index in [0.717, 1.165) is 78.7 Å². The van der Waals surface area contributed by atoms with Gasteiger partial charge in [0.15, 0.2) is 10.9 Å². The first-order valence-electron chi connectivity index (χ1n) is 11.4. The molecule has 1 aromatic heterocycles. The third kappa shape index (κ3) is 4.57. The Hall–Kier alpha value is -3.00. The molecule has 2 aliphatic heterocycles. The number of piperazine rings is 1. The van der Waals surface area contributed by atoms with E-state index in [1.165, 1.54) is 23.5 Å². The Morgan fingerprint density at radius 1 is 0.939 bits per heavy atom. The molecule has 172 valence electrons. The molecular formula is C25H27FN4O2S. The molecule has 8 heteroatoms. The van der Waals surface area contributed by atoms with Gasteiger partial charge in [0.1, 0.15) is 5.82 Å². The molecule has 1 amide bonds. The number of carbonyl (C=O) groups excluding carboxylic acids is 2. The fraction of sp³-hybridized carbons (Fsp3) is 0.400. The molecule has 33 heavy (non-hydrogen) atoms. The van der Waals surface area contributed by atoms with Crippen LogP contribution in [0.4, 0.5) is 15.2 Å². The van der Waals surface area contributed by atoms with Crippen molar-refractivity contribution in [1.82, 2.24) is 9.88 Å². The minimum absolute atomic E-state index is 0.0504. The van der Waals surface area contributed by atoms with Crippen LogP contribution >= 0.6 is 11.3 Å². The number of hydrogen-bond acceptors (Lipinski definition) is 6. The highest BCUT2D eigenvalue weighted by Gasteiger charge is 2.31. The second-order valence-electron chi connectivity index (χ2n) is 8.79. The molecule has 3 aromatic rings. The van der Waals surface area contributed by atoms with Crippen LogP contribution in [0.25, 0.3) is 10.2 Å². The van der Waals surface area contributed by atoms with Crippen molar-refractivity contribution >= 4 is 44.1 Å². The fourth-order valence-electron chi connectivity index (χ4n) is 4.69. The minimum Gasteiger partial charge on any atom is -0.368 e. The van der Waals surface area contributed by atoms with E-state index in [2.05, 4.69) is 14.8 Å². The SMILES string of the molecule is CC(=O)c1ccc(N2CCN(C(=O)C3CCN(c4nc5ccc(F)cc5s4)CC3)CC2)cc1. The molecule has 0 radical (unpaired) electrons. The molecule has 3 heterocycles. The van der Waals surface area contributed by atoms with Gasteiger partial charge in [0, 0.05) is 56.4 Å². The number of halogens is 1. The van der Waals surface area contributed by atoms with Crippen LogP contribution in [-0.2, 0) is 4.79 Å². The van der Waals surface area contributed by atoms with Crippen molar-refractivity contribution in [2.75, 3.05) is 49.1 Å². The number of hydrogen-bond donors (Lipinski definition) is 0. The highest BCUT2D eigenvalue weighted by molar-refractivity contribution is 7.22. The predicted octanol–water partition coefficient (Wildman–Crippen LogP) is 4.20. The van der Waals surface area contributed by atoms with Gasteiger partial charge in [0.25, 0.3) is 0 Å². The number of nitrogens with zero attached hydrogens (tertiary/aromatic N) is 4. The van der Waals surface area contributed by atoms with Crippen molar-refractivity contribution in [2.24, 2.45) is 5.92 Å². The highest BCUT2D eigenvalue weighted by atomic mass is 32.1. The normalized spacial score (nSPS) is 17.6. The maximum Gasteiger partial charge on any atom is 0.225 e. The van der Waals surface area contributed by atoms with Gasteiger partial charge >= 0.3 is 0 Å². The lowest BCUT2D eigenvalue weighted by atomic mass is 9.95. The standard InChI is InChI=1S/C25H27FN4O2S/c1-17(31)18-2-5-21(6-3-18)28-12-14-29(15-13-28)24(32)19-8-10-30(11-9-19)25-27-22-7-4-20(26)16-23(22)33-25/h2-7,16,19H,8-15H2,1H3. The van der Waals surface area contributed by atoms with E-state index < -0.39 is 0 Å². The lowest BCUT2D eigenvalue weighted by Crippen LogP contribution is -2.51. The Balaban J connectivity index is 1.14. The van der Waals surface area contributed by atoms with Crippen molar-refractivity contribution in [2.45, 2.75) is 19.8 Å². The second-order valence-corrected chi connectivity index (χ2v) is 9.79. The van der Waals surface area contributed by atoms with Crippen molar-refractivity contribution in [1.29, 1.82) is 0 Å². The topological polar surface area (TPSA) is 56.8 Å². The van der Waals surface area contributed by atoms with Crippen LogP contribution in [-0.4, -0.2) is 60.8 Å². The molecule has 0 N–H and O–H groups in total. The average Bonchev–Trinajstić information content (AvgIpc) is 3.27. The zero-order valence-electron chi connectivity index (χ0n) is 18.7. The van der Waals surface area contributed by atoms with E-state index in [0.29, 0.717) is 0 Å². The molecule has 0 saturated carbocycles. The van der Waals surface area contributed by atoms with Gasteiger partial charge in [-0.3, -0.25) is 9.59 Å². The molecule has 0 atom stereocenters. The van der Waals surface area contributed by atoms with E-state index in [-0.39, 0.29) is 23.4 Å². The number of fused-ring (bicyclic) bond motifs is 1. The molecule has 5 rings (SSSR count). The van der Waals surface area contributed by atoms with Crippen LogP contribution in [0.15, 0.2) is 42.5 Å². The predicted molar refractivity (Wildman–Crippen MR) is 130 cm³/mol. The molecular weight excluding hydrogens is 439 g/mol. The van der Waals surface area contributed by atoms with Crippen LogP contribution in [0.5, 0.6) is 0 Å². The maximum atomic E-state index is 13.5. The maximum absolute atomic E-state index is 13.5. The first kappa shape index (κ1) is 21.8. The third-order valence-corrected chi connectivity index (χ3v) is 7.76. The van der Waals surface area contributed by atoms with Crippen LogP contribution in [0.1, 0.15) is 30.1 Å². The molecule has 0 bridgehead atoms. The zero-order chi connectivity index (χ0) is 22.9. The first-order chi connectivity index (χ1) is 16.0. The average molecular weight is 467 g/mol. The number of piperidine rings is 1. The third-order valence-electron chi connectivity index (χ3n) is 6.68. The monoisotopic (exact) mass is 466 g/mol. The summed E-state index contributed by atoms with van der Waals surface area (Å²) in [6.45, 7) is 6.19. The summed E-state index contributed by atoms with van der Waals surface area (Å²) in [6.07, 6.45) is 1.63. The molecule has 0 aliphatic carbocycles. The van der Waals surface area contributed by atoms with E-state index in [1.54, 1.807) is 13.0 Å². The summed E-state index contributed by atoms with van der Waals surface area (Å²) in [5, 5.41) is 0.908. The summed E-state index contributed by atoms with van der Waals surface area (Å²) < 4.78 is 14.3. The largest absolute Gasteiger partial charge is 0.368 e. The minimum atomic E-state index is -0.241. The fourth-order valence-corrected chi connectivity index (χ4v) is 5.73. The van der Waals surface area contributed by atoms with Gasteiger partial charge in [0.05, 0.1) is 10.2 Å². The van der Waals surface area contributed by atoms with Crippen molar-refractivity contribution in [3.8, 4) is 0 Å². The van der Waals surface area contributed by atoms with E-state index in [4.69, 9.17) is 0 Å². The van der Waals surface area contributed by atoms with Crippen LogP contribution in [0, 0.1) is 11.7 Å². The van der Waals surface area contributed by atoms with E-state index >= 15 is 0 Å². The highest BCUT2D eigenvalue weighted by Crippen LogP contribution is 2.32. The number of anilines is 2. The number of amides is 1. The van der Waals surface area contributed by atoms with E-state index in [1.807, 2.05) is 29.2 Å². The number of aromatic nitrogens is 1. The smallest absolute Gasteiger partial charge is 0.225 e. The Labute approximate surface area is 196 Å². The van der Waals surface area contributed by atoms with Gasteiger partial charge in [0.2, 0.25) is 5.91 Å². The van der Waals surface area contributed by atoms with Crippen molar-refractivity contribution in [3.63, 3.8) is 0 Å². The molecule has 0 spiro atoms. The summed E-state index contributed by atoms with van der Waals surface area (Å²) in [7, 11) is 0. The molecule has 2 aliphatic rings. The molecule has 2 saturated heterocycles. The summed E-state index contributed by atoms with van der Waals surface area (Å²) in [4.78, 5) is 35.7. The molecule has 0 unspecified atom stereocenters. The van der Waals surface area contributed by atoms with Crippen LogP contribution in [0.2, 0.25) is 0 Å². The van der Waals surface area contributed by atoms with Crippen molar-refractivity contribution < 1.29 is 14.0 Å². The summed E-state index contributed by atoms with van der Waals surface area (Å²) >= 11 is 1.51. The van der Waals surface area contributed by atoms with Gasteiger partial charge in [-0.2, -0.15) is 0 Å². The number of Topliss-reactive ketones (excluding diaryl/α,β-unsaturated/α-hetero) is 1. The van der Waals surface area contributed by atoms with E-state index in [9.17, 15) is 14.0 Å². The summed E-state index contributed by atoms with van der Waals surface area (Å²) in [6, 6.07) is 12.4. The number of ketones is 1. The lowest BCUT2D eigenvalue weighted by Gasteiger charge is -2.39. The Bertz CT molecular complexity index is 1160. The molecule has 2 fully saturated rings. The Morgan fingerprint density at radius 2 is 1.64 bits per heavy atom. The second kappa shape index (κ2) is 9.09. The lowest BCUT2D eigenvalue weighted by molar-refractivity contribution is -0.136. The van der Waals surface area contributed by atoms with Crippen molar-refractivity contribution in [3.05, 3.63) is 53.8 Å². The zero-order valence-corrected chi connectivity index (χ0v) is 19.5. The summed E-state index contributed by atoms with van der Waals surface area (Å²) in [5.41, 5.74) is 2.64. The molecule has 6 nitrogen and oxygen atoms in total. The summed E-state index contributed by atoms with van der Waals surface area (Å²) in [5.74, 6) is 0.136. The van der Waals surface area contributed by atoms with Gasteiger partial charge in [-0.05, 0) is 62.2 Å². The van der Waals surface area contributed by atoms with Crippen LogP contribution < -0.4 is 9.80 Å². The number of benzene rings is 2. The van der Waals surface area contributed by atoms with Gasteiger partial charge in [-0.25, -0.2) is 9.37 Å². The van der Waals surface area contributed by atoms with Gasteiger partial charge in [-0.1, -0.05) is 11.3 Å². The number of rotatable bonds is 4. The van der Waals surface area contributed by atoms with Gasteiger partial charge < -0.3 is 14.7 Å². The number of thiazole rings is 1. The number of carbonyl (C=O) groups is 2.